The van der Waals surface area contributed by atoms with E-state index in [4.69, 9.17) is 14.2 Å². The van der Waals surface area contributed by atoms with Crippen LogP contribution >= 0.6 is 0 Å². The predicted molar refractivity (Wildman–Crippen MR) is 139 cm³/mol. The number of nitrogens with zero attached hydrogens (tertiary/aromatic N) is 1. The Morgan fingerprint density at radius 3 is 2.30 bits per heavy atom. The van der Waals surface area contributed by atoms with E-state index in [9.17, 15) is 14.0 Å². The molecule has 0 aliphatic rings. The quantitative estimate of drug-likeness (QED) is 0.254. The number of fused-ring (bicyclic) bond motifs is 1. The van der Waals surface area contributed by atoms with Gasteiger partial charge in [0.05, 0.1) is 26.0 Å². The molecule has 2 amide bonds. The van der Waals surface area contributed by atoms with Crippen LogP contribution in [0.5, 0.6) is 17.2 Å². The minimum absolute atomic E-state index is 0.264. The number of hydrogen-bond donors (Lipinski definition) is 2. The molecule has 0 saturated heterocycles. The highest BCUT2D eigenvalue weighted by Gasteiger charge is 2.15. The van der Waals surface area contributed by atoms with Crippen LogP contribution in [0.15, 0.2) is 84.0 Å². The summed E-state index contributed by atoms with van der Waals surface area (Å²) in [5, 5.41) is 8.52. The van der Waals surface area contributed by atoms with Gasteiger partial charge in [0.15, 0.2) is 18.1 Å². The van der Waals surface area contributed by atoms with Gasteiger partial charge in [-0.25, -0.2) is 9.82 Å². The van der Waals surface area contributed by atoms with E-state index in [0.717, 1.165) is 10.8 Å². The number of anilines is 1. The van der Waals surface area contributed by atoms with Gasteiger partial charge < -0.3 is 19.5 Å². The molecule has 37 heavy (non-hydrogen) atoms. The zero-order valence-corrected chi connectivity index (χ0v) is 20.2. The Balaban J connectivity index is 1.47. The maximum absolute atomic E-state index is 13.1. The molecule has 0 radical (unpaired) electrons. The van der Waals surface area contributed by atoms with E-state index in [0.29, 0.717) is 28.3 Å². The van der Waals surface area contributed by atoms with E-state index in [-0.39, 0.29) is 12.4 Å². The normalized spacial score (nSPS) is 10.8. The van der Waals surface area contributed by atoms with Gasteiger partial charge in [-0.1, -0.05) is 30.3 Å². The zero-order valence-electron chi connectivity index (χ0n) is 20.2. The molecule has 0 atom stereocenters. The van der Waals surface area contributed by atoms with E-state index < -0.39 is 17.6 Å². The summed E-state index contributed by atoms with van der Waals surface area (Å²) >= 11 is 0. The molecule has 0 bridgehead atoms. The van der Waals surface area contributed by atoms with Crippen molar-refractivity contribution in [2.75, 3.05) is 26.1 Å². The van der Waals surface area contributed by atoms with E-state index in [1.807, 2.05) is 24.3 Å². The molecule has 0 spiro atoms. The van der Waals surface area contributed by atoms with Crippen LogP contribution in [0.3, 0.4) is 0 Å². The number of hydrazone groups is 1. The molecule has 0 unspecified atom stereocenters. The van der Waals surface area contributed by atoms with Gasteiger partial charge in [0.25, 0.3) is 11.8 Å². The standard InChI is InChI=1S/C28H24FN3O5/c1-35-24-9-5-8-20(27(24)37-17-26(33)31-22-12-10-21(29)11-13-22)16-30-32-28(34)23-14-18-6-3-4-7-19(18)15-25(23)36-2/h3-16H,17H2,1-2H3,(H,31,33)(H,32,34)/b30-16-. The highest BCUT2D eigenvalue weighted by Crippen LogP contribution is 2.30. The SMILES string of the molecule is COc1cc2ccccc2cc1C(=O)N/N=C\c1cccc(OC)c1OCC(=O)Nc1ccc(F)cc1. The molecule has 188 valence electrons. The number of nitrogens with one attached hydrogen (secondary N) is 2. The van der Waals surface area contributed by atoms with E-state index in [2.05, 4.69) is 15.8 Å². The van der Waals surface area contributed by atoms with Crippen molar-refractivity contribution in [1.82, 2.24) is 5.43 Å². The van der Waals surface area contributed by atoms with Crippen molar-refractivity contribution in [2.24, 2.45) is 5.10 Å². The van der Waals surface area contributed by atoms with Gasteiger partial charge in [-0.3, -0.25) is 9.59 Å². The first-order valence-electron chi connectivity index (χ1n) is 11.2. The second-order valence-corrected chi connectivity index (χ2v) is 7.82. The number of amides is 2. The molecular formula is C28H24FN3O5. The van der Waals surface area contributed by atoms with E-state index in [1.54, 1.807) is 30.3 Å². The van der Waals surface area contributed by atoms with Crippen LogP contribution in [0, 0.1) is 5.82 Å². The third-order valence-electron chi connectivity index (χ3n) is 5.39. The van der Waals surface area contributed by atoms with Crippen LogP contribution in [-0.4, -0.2) is 38.9 Å². The lowest BCUT2D eigenvalue weighted by molar-refractivity contribution is -0.118. The van der Waals surface area contributed by atoms with Crippen LogP contribution in [0.2, 0.25) is 0 Å². The zero-order chi connectivity index (χ0) is 26.2. The highest BCUT2D eigenvalue weighted by molar-refractivity contribution is 6.02. The van der Waals surface area contributed by atoms with Crippen molar-refractivity contribution >= 4 is 34.5 Å². The summed E-state index contributed by atoms with van der Waals surface area (Å²) in [6, 6.07) is 21.6. The number of carbonyl (C=O) groups excluding carboxylic acids is 2. The fraction of sp³-hybridized carbons (Fsp3) is 0.107. The molecule has 4 aromatic rings. The summed E-state index contributed by atoms with van der Waals surface area (Å²) in [6.07, 6.45) is 1.39. The molecule has 0 aliphatic carbocycles. The Kier molecular flexibility index (Phi) is 7.95. The van der Waals surface area contributed by atoms with Crippen LogP contribution < -0.4 is 25.0 Å². The monoisotopic (exact) mass is 501 g/mol. The Labute approximate surface area is 212 Å². The number of rotatable bonds is 9. The maximum Gasteiger partial charge on any atom is 0.275 e. The molecule has 0 aromatic heterocycles. The van der Waals surface area contributed by atoms with Gasteiger partial charge in [0.1, 0.15) is 11.6 Å². The Bertz CT molecular complexity index is 1450. The maximum atomic E-state index is 13.1. The molecule has 9 heteroatoms. The molecule has 0 aliphatic heterocycles. The predicted octanol–water partition coefficient (Wildman–Crippen LogP) is 4.78. The lowest BCUT2D eigenvalue weighted by Crippen LogP contribution is -2.21. The van der Waals surface area contributed by atoms with Crippen molar-refractivity contribution in [3.8, 4) is 17.2 Å². The number of benzene rings is 4. The van der Waals surface area contributed by atoms with Crippen molar-refractivity contribution < 1.29 is 28.2 Å². The van der Waals surface area contributed by atoms with Crippen molar-refractivity contribution in [2.45, 2.75) is 0 Å². The Morgan fingerprint density at radius 1 is 0.892 bits per heavy atom. The van der Waals surface area contributed by atoms with Gasteiger partial charge in [-0.2, -0.15) is 5.10 Å². The number of hydrogen-bond acceptors (Lipinski definition) is 6. The van der Waals surface area contributed by atoms with E-state index in [1.165, 1.54) is 44.7 Å². The lowest BCUT2D eigenvalue weighted by atomic mass is 10.1. The first-order valence-corrected chi connectivity index (χ1v) is 11.2. The van der Waals surface area contributed by atoms with Gasteiger partial charge in [0.2, 0.25) is 0 Å². The summed E-state index contributed by atoms with van der Waals surface area (Å²) < 4.78 is 29.5. The molecule has 0 saturated carbocycles. The van der Waals surface area contributed by atoms with Gasteiger partial charge >= 0.3 is 0 Å². The number of para-hydroxylation sites is 1. The van der Waals surface area contributed by atoms with Crippen LogP contribution in [-0.2, 0) is 4.79 Å². The summed E-state index contributed by atoms with van der Waals surface area (Å²) in [4.78, 5) is 25.2. The number of halogens is 1. The topological polar surface area (TPSA) is 98.2 Å². The first-order chi connectivity index (χ1) is 18.0. The highest BCUT2D eigenvalue weighted by atomic mass is 19.1. The Hall–Kier alpha value is -4.92. The third-order valence-corrected chi connectivity index (χ3v) is 5.39. The van der Waals surface area contributed by atoms with Crippen LogP contribution in [0.1, 0.15) is 15.9 Å². The largest absolute Gasteiger partial charge is 0.496 e. The molecule has 2 N–H and O–H groups in total. The summed E-state index contributed by atoms with van der Waals surface area (Å²) in [6.45, 7) is -0.334. The second-order valence-electron chi connectivity index (χ2n) is 7.82. The molecule has 4 rings (SSSR count). The third kappa shape index (κ3) is 6.21. The average Bonchev–Trinajstić information content (AvgIpc) is 2.92. The van der Waals surface area contributed by atoms with Crippen LogP contribution in [0.4, 0.5) is 10.1 Å². The van der Waals surface area contributed by atoms with Crippen molar-refractivity contribution in [3.63, 3.8) is 0 Å². The average molecular weight is 502 g/mol. The van der Waals surface area contributed by atoms with Gasteiger partial charge in [-0.05, 0) is 59.3 Å². The van der Waals surface area contributed by atoms with Crippen LogP contribution in [0.25, 0.3) is 10.8 Å². The number of methoxy groups -OCH3 is 2. The Morgan fingerprint density at radius 2 is 1.59 bits per heavy atom. The fourth-order valence-electron chi connectivity index (χ4n) is 3.60. The number of carbonyl (C=O) groups is 2. The molecule has 0 heterocycles. The molecule has 0 fully saturated rings. The van der Waals surface area contributed by atoms with Gasteiger partial charge in [0, 0.05) is 11.3 Å². The minimum atomic E-state index is -0.456. The second kappa shape index (κ2) is 11.7. The summed E-state index contributed by atoms with van der Waals surface area (Å²) in [5.74, 6) is -0.246. The molecular weight excluding hydrogens is 477 g/mol. The minimum Gasteiger partial charge on any atom is -0.496 e. The van der Waals surface area contributed by atoms with Gasteiger partial charge in [-0.15, -0.1) is 0 Å². The van der Waals surface area contributed by atoms with Crippen molar-refractivity contribution in [3.05, 3.63) is 95.8 Å². The fourth-order valence-corrected chi connectivity index (χ4v) is 3.60. The number of ether oxygens (including phenoxy) is 3. The summed E-state index contributed by atoms with van der Waals surface area (Å²) in [5.41, 5.74) is 3.74. The smallest absolute Gasteiger partial charge is 0.275 e. The lowest BCUT2D eigenvalue weighted by Gasteiger charge is -2.13. The molecule has 8 nitrogen and oxygen atoms in total. The van der Waals surface area contributed by atoms with E-state index >= 15 is 0 Å². The first kappa shape index (κ1) is 25.2. The van der Waals surface area contributed by atoms with Crippen molar-refractivity contribution in [1.29, 1.82) is 0 Å². The molecule has 4 aromatic carbocycles. The summed E-state index contributed by atoms with van der Waals surface area (Å²) in [7, 11) is 2.96.